The minimum atomic E-state index is -1.90. The molecule has 2 aliphatic heterocycles. The molecule has 0 aliphatic carbocycles. The quantitative estimate of drug-likeness (QED) is 0.142. The van der Waals surface area contributed by atoms with Crippen LogP contribution in [0.15, 0.2) is 24.3 Å². The molecule has 5 aromatic rings. The van der Waals surface area contributed by atoms with Gasteiger partial charge in [-0.05, 0) is 12.1 Å². The molecule has 2 aromatic heterocycles. The number of benzene rings is 3. The first-order valence-electron chi connectivity index (χ1n) is 12.0. The van der Waals surface area contributed by atoms with E-state index >= 15 is 0 Å². The second kappa shape index (κ2) is 8.22. The minimum absolute atomic E-state index is 0.00687. The molecule has 7 rings (SSSR count). The number of halogens is 4. The maximum Gasteiger partial charge on any atom is 0.259 e. The number of nitrogens with zero attached hydrogens (tertiary/aromatic N) is 1. The molecule has 14 heteroatoms. The van der Waals surface area contributed by atoms with E-state index < -0.39 is 72.3 Å². The standard InChI is InChI=1S/C26H17F4N3O7/c27-8-1-6-12(3-10(8)29)31-19-15(6)17-18(25(39)32-24(17)38)16-7-2-9(28)11(30)4-13(7)33(20(16)19)26-23(37)22(36)21(35)14(5-34)40-26/h1-4,14,21-23,26,31,34-37H,5H2,(H,32,38,39)/t14-,21-,22+,23-,26-/m1/s1. The fourth-order valence-corrected chi connectivity index (χ4v) is 5.92. The normalized spacial score (nSPS) is 25.1. The van der Waals surface area contributed by atoms with Crippen molar-refractivity contribution in [3.8, 4) is 0 Å². The second-order valence-corrected chi connectivity index (χ2v) is 9.82. The zero-order valence-corrected chi connectivity index (χ0v) is 19.9. The van der Waals surface area contributed by atoms with Crippen molar-refractivity contribution in [1.82, 2.24) is 14.9 Å². The predicted molar refractivity (Wildman–Crippen MR) is 129 cm³/mol. The lowest BCUT2D eigenvalue weighted by Gasteiger charge is -2.41. The average molecular weight is 559 g/mol. The zero-order valence-electron chi connectivity index (χ0n) is 19.9. The van der Waals surface area contributed by atoms with E-state index in [4.69, 9.17) is 4.74 Å². The van der Waals surface area contributed by atoms with Crippen molar-refractivity contribution in [2.45, 2.75) is 30.6 Å². The molecule has 0 bridgehead atoms. The molecule has 6 N–H and O–H groups in total. The van der Waals surface area contributed by atoms with E-state index in [0.717, 1.165) is 28.8 Å². The average Bonchev–Trinajstić information content (AvgIpc) is 3.52. The molecule has 1 fully saturated rings. The summed E-state index contributed by atoms with van der Waals surface area (Å²) in [7, 11) is 0. The summed E-state index contributed by atoms with van der Waals surface area (Å²) >= 11 is 0. The molecule has 2 amide bonds. The van der Waals surface area contributed by atoms with E-state index in [-0.39, 0.29) is 54.7 Å². The molecule has 3 aromatic carbocycles. The molecule has 0 spiro atoms. The van der Waals surface area contributed by atoms with Gasteiger partial charge < -0.3 is 34.7 Å². The summed E-state index contributed by atoms with van der Waals surface area (Å²) in [6, 6.07) is 3.18. The first-order valence-corrected chi connectivity index (χ1v) is 12.0. The number of amides is 2. The van der Waals surface area contributed by atoms with Crippen LogP contribution in [0.3, 0.4) is 0 Å². The van der Waals surface area contributed by atoms with Crippen molar-refractivity contribution in [3.05, 3.63) is 58.7 Å². The number of rotatable bonds is 2. The van der Waals surface area contributed by atoms with Gasteiger partial charge in [-0.3, -0.25) is 14.9 Å². The first kappa shape index (κ1) is 24.9. The highest BCUT2D eigenvalue weighted by atomic mass is 19.2. The van der Waals surface area contributed by atoms with Crippen LogP contribution in [-0.2, 0) is 4.74 Å². The van der Waals surface area contributed by atoms with Crippen LogP contribution in [0.25, 0.3) is 43.6 Å². The summed E-state index contributed by atoms with van der Waals surface area (Å²) in [5, 5.41) is 43.5. The minimum Gasteiger partial charge on any atom is -0.394 e. The van der Waals surface area contributed by atoms with Crippen LogP contribution in [0, 0.1) is 23.3 Å². The van der Waals surface area contributed by atoms with Gasteiger partial charge in [0, 0.05) is 39.2 Å². The molecule has 4 heterocycles. The van der Waals surface area contributed by atoms with Crippen LogP contribution in [0.2, 0.25) is 0 Å². The number of aliphatic hydroxyl groups is 4. The predicted octanol–water partition coefficient (Wildman–Crippen LogP) is 1.84. The summed E-state index contributed by atoms with van der Waals surface area (Å²) in [5.41, 5.74) is -0.706. The zero-order chi connectivity index (χ0) is 28.4. The number of carbonyl (C=O) groups excluding carboxylic acids is 2. The lowest BCUT2D eigenvalue weighted by Crippen LogP contribution is -2.56. The third kappa shape index (κ3) is 3.04. The van der Waals surface area contributed by atoms with E-state index in [1.807, 2.05) is 0 Å². The monoisotopic (exact) mass is 559 g/mol. The van der Waals surface area contributed by atoms with Crippen molar-refractivity contribution in [2.24, 2.45) is 0 Å². The number of aliphatic hydroxyl groups excluding tert-OH is 4. The molecule has 2 aliphatic rings. The van der Waals surface area contributed by atoms with E-state index in [1.54, 1.807) is 0 Å². The first-order chi connectivity index (χ1) is 19.0. The molecule has 0 radical (unpaired) electrons. The van der Waals surface area contributed by atoms with Crippen LogP contribution in [0.5, 0.6) is 0 Å². The number of hydrogen-bond donors (Lipinski definition) is 6. The van der Waals surface area contributed by atoms with Gasteiger partial charge in [-0.1, -0.05) is 0 Å². The number of fused-ring (bicyclic) bond motifs is 10. The van der Waals surface area contributed by atoms with Crippen LogP contribution in [-0.4, -0.2) is 72.8 Å². The molecule has 1 saturated heterocycles. The Morgan fingerprint density at radius 2 is 1.40 bits per heavy atom. The molecule has 0 unspecified atom stereocenters. The van der Waals surface area contributed by atoms with E-state index in [2.05, 4.69) is 10.3 Å². The maximum atomic E-state index is 14.6. The van der Waals surface area contributed by atoms with Crippen LogP contribution in [0.1, 0.15) is 26.9 Å². The Morgan fingerprint density at radius 3 is 2.08 bits per heavy atom. The van der Waals surface area contributed by atoms with Gasteiger partial charge in [0.25, 0.3) is 11.8 Å². The number of aromatic amines is 1. The van der Waals surface area contributed by atoms with Gasteiger partial charge in [0.1, 0.15) is 24.4 Å². The highest BCUT2D eigenvalue weighted by molar-refractivity contribution is 6.39. The van der Waals surface area contributed by atoms with E-state index in [0.29, 0.717) is 0 Å². The molecular formula is C26H17F4N3O7. The van der Waals surface area contributed by atoms with Crippen LogP contribution >= 0.6 is 0 Å². The number of ether oxygens (including phenoxy) is 1. The second-order valence-electron chi connectivity index (χ2n) is 9.82. The number of nitrogens with one attached hydrogen (secondary N) is 2. The molecule has 40 heavy (non-hydrogen) atoms. The SMILES string of the molecule is O=C1NC(=O)c2c1c1c3cc(F)c(F)cc3[nH]c1c1c2c2cc(F)c(F)cc2n1[C@@H]1O[C@H](CO)[C@@H](O)[C@H](O)[C@H]1O. The van der Waals surface area contributed by atoms with Gasteiger partial charge in [-0.15, -0.1) is 0 Å². The van der Waals surface area contributed by atoms with Gasteiger partial charge in [0.05, 0.1) is 34.3 Å². The van der Waals surface area contributed by atoms with Crippen molar-refractivity contribution in [2.75, 3.05) is 6.61 Å². The smallest absolute Gasteiger partial charge is 0.259 e. The molecule has 0 saturated carbocycles. The fraction of sp³-hybridized carbons (Fsp3) is 0.231. The van der Waals surface area contributed by atoms with Gasteiger partial charge in [-0.2, -0.15) is 0 Å². The molecule has 10 nitrogen and oxygen atoms in total. The maximum absolute atomic E-state index is 14.6. The highest BCUT2D eigenvalue weighted by Gasteiger charge is 2.46. The molecule has 206 valence electrons. The van der Waals surface area contributed by atoms with Crippen molar-refractivity contribution in [1.29, 1.82) is 0 Å². The van der Waals surface area contributed by atoms with Crippen molar-refractivity contribution >= 4 is 55.4 Å². The van der Waals surface area contributed by atoms with Gasteiger partial charge in [-0.25, -0.2) is 17.6 Å². The number of hydrogen-bond acceptors (Lipinski definition) is 7. The topological polar surface area (TPSA) is 157 Å². The third-order valence-electron chi connectivity index (χ3n) is 7.67. The fourth-order valence-electron chi connectivity index (χ4n) is 5.92. The Labute approximate surface area is 219 Å². The Morgan fingerprint density at radius 1 is 0.800 bits per heavy atom. The summed E-state index contributed by atoms with van der Waals surface area (Å²) in [5.74, 6) is -6.86. The lowest BCUT2D eigenvalue weighted by atomic mass is 9.96. The summed E-state index contributed by atoms with van der Waals surface area (Å²) < 4.78 is 64.6. The number of aromatic nitrogens is 2. The van der Waals surface area contributed by atoms with Crippen molar-refractivity contribution in [3.63, 3.8) is 0 Å². The van der Waals surface area contributed by atoms with Gasteiger partial charge in [0.2, 0.25) is 0 Å². The molecule has 5 atom stereocenters. The largest absolute Gasteiger partial charge is 0.394 e. The number of carbonyl (C=O) groups is 2. The van der Waals surface area contributed by atoms with Gasteiger partial charge >= 0.3 is 0 Å². The number of imide groups is 1. The summed E-state index contributed by atoms with van der Waals surface area (Å²) in [6.45, 7) is -0.797. The third-order valence-corrected chi connectivity index (χ3v) is 7.67. The number of H-pyrrole nitrogens is 1. The lowest BCUT2D eigenvalue weighted by molar-refractivity contribution is -0.249. The Kier molecular flexibility index (Phi) is 5.12. The Balaban J connectivity index is 1.74. The van der Waals surface area contributed by atoms with Crippen LogP contribution in [0.4, 0.5) is 17.6 Å². The van der Waals surface area contributed by atoms with E-state index in [1.165, 1.54) is 0 Å². The van der Waals surface area contributed by atoms with Crippen molar-refractivity contribution < 1.29 is 52.3 Å². The van der Waals surface area contributed by atoms with Crippen LogP contribution < -0.4 is 5.32 Å². The van der Waals surface area contributed by atoms with E-state index in [9.17, 15) is 47.6 Å². The Bertz CT molecular complexity index is 1970. The molecular weight excluding hydrogens is 542 g/mol. The summed E-state index contributed by atoms with van der Waals surface area (Å²) in [6.07, 6.45) is -8.58. The Hall–Kier alpha value is -4.08. The van der Waals surface area contributed by atoms with Gasteiger partial charge in [0.15, 0.2) is 29.5 Å². The summed E-state index contributed by atoms with van der Waals surface area (Å²) in [4.78, 5) is 29.0. The highest BCUT2D eigenvalue weighted by Crippen LogP contribution is 2.46.